The van der Waals surface area contributed by atoms with Crippen LogP contribution in [0.3, 0.4) is 0 Å². The lowest BCUT2D eigenvalue weighted by atomic mass is 9.93. The van der Waals surface area contributed by atoms with E-state index in [2.05, 4.69) is 25.8 Å². The van der Waals surface area contributed by atoms with Crippen LogP contribution in [-0.4, -0.2) is 58.4 Å². The number of nitrogens with one attached hydrogen (secondary N) is 2. The third-order valence-corrected chi connectivity index (χ3v) is 10.1. The van der Waals surface area contributed by atoms with Crippen molar-refractivity contribution in [3.05, 3.63) is 86.9 Å². The van der Waals surface area contributed by atoms with Gasteiger partial charge in [-0.1, -0.05) is 17.7 Å². The van der Waals surface area contributed by atoms with Crippen molar-refractivity contribution in [1.82, 2.24) is 39.7 Å². The summed E-state index contributed by atoms with van der Waals surface area (Å²) in [6.07, 6.45) is 1.01. The molecule has 0 spiro atoms. The van der Waals surface area contributed by atoms with Gasteiger partial charge in [0.1, 0.15) is 16.9 Å². The first-order chi connectivity index (χ1) is 24.9. The molecule has 0 aliphatic heterocycles. The van der Waals surface area contributed by atoms with Crippen LogP contribution in [0.1, 0.15) is 80.6 Å². The van der Waals surface area contributed by atoms with Crippen LogP contribution in [0.25, 0.3) is 11.3 Å². The largest absolute Gasteiger partial charge is 0.433 e. The Morgan fingerprint density at radius 3 is 2.47 bits per heavy atom. The van der Waals surface area contributed by atoms with E-state index in [0.717, 1.165) is 41.5 Å². The molecule has 2 amide bonds. The van der Waals surface area contributed by atoms with Crippen molar-refractivity contribution in [1.29, 1.82) is 0 Å². The predicted molar refractivity (Wildman–Crippen MR) is 186 cm³/mol. The van der Waals surface area contributed by atoms with Crippen molar-refractivity contribution in [3.8, 4) is 11.3 Å². The maximum absolute atomic E-state index is 14.3. The van der Waals surface area contributed by atoms with Gasteiger partial charge in [-0.2, -0.15) is 32.1 Å². The van der Waals surface area contributed by atoms with Crippen LogP contribution in [0, 0.1) is 12.3 Å². The quantitative estimate of drug-likeness (QED) is 0.0862. The molecule has 284 valence electrons. The zero-order valence-corrected chi connectivity index (χ0v) is 30.4. The van der Waals surface area contributed by atoms with Gasteiger partial charge >= 0.3 is 12.7 Å². The van der Waals surface area contributed by atoms with Gasteiger partial charge in [0.25, 0.3) is 5.56 Å². The van der Waals surface area contributed by atoms with Crippen LogP contribution < -0.4 is 16.2 Å². The first-order valence-electron chi connectivity index (χ1n) is 16.9. The van der Waals surface area contributed by atoms with E-state index in [1.54, 1.807) is 25.3 Å². The fraction of sp³-hybridized carbons (Fsp3) is 0.486. The van der Waals surface area contributed by atoms with Gasteiger partial charge < -0.3 is 15.2 Å². The summed E-state index contributed by atoms with van der Waals surface area (Å²) in [5.41, 5.74) is -2.08. The number of aromatic nitrogens is 6. The lowest BCUT2D eigenvalue weighted by Crippen LogP contribution is -2.56. The van der Waals surface area contributed by atoms with E-state index >= 15 is 0 Å². The Kier molecular flexibility index (Phi) is 10.5. The fourth-order valence-electron chi connectivity index (χ4n) is 6.81. The molecular formula is C35H37Cl2F5N8O3. The van der Waals surface area contributed by atoms with E-state index in [-0.39, 0.29) is 58.2 Å². The van der Waals surface area contributed by atoms with Crippen molar-refractivity contribution in [2.24, 2.45) is 5.41 Å². The summed E-state index contributed by atoms with van der Waals surface area (Å²) in [6, 6.07) is 5.76. The lowest BCUT2D eigenvalue weighted by Gasteiger charge is -2.30. The van der Waals surface area contributed by atoms with Crippen LogP contribution in [-0.2, 0) is 28.7 Å². The Hall–Kier alpha value is -4.31. The highest BCUT2D eigenvalue weighted by molar-refractivity contribution is 6.29. The minimum absolute atomic E-state index is 0.0737. The maximum atomic E-state index is 14.3. The normalized spacial score (nSPS) is 19.3. The average Bonchev–Trinajstić information content (AvgIpc) is 3.93. The summed E-state index contributed by atoms with van der Waals surface area (Å²) in [7, 11) is 0. The Balaban J connectivity index is 1.25. The van der Waals surface area contributed by atoms with Crippen LogP contribution in [0.2, 0.25) is 5.15 Å². The summed E-state index contributed by atoms with van der Waals surface area (Å²) >= 11 is 12.2. The molecular weight excluding hydrogens is 746 g/mol. The molecule has 2 aliphatic rings. The zero-order valence-electron chi connectivity index (χ0n) is 28.9. The number of amides is 2. The maximum Gasteiger partial charge on any atom is 0.433 e. The third kappa shape index (κ3) is 8.43. The van der Waals surface area contributed by atoms with Gasteiger partial charge in [0.05, 0.1) is 29.4 Å². The molecule has 2 fully saturated rings. The van der Waals surface area contributed by atoms with Crippen LogP contribution in [0.15, 0.2) is 53.7 Å². The van der Waals surface area contributed by atoms with Crippen molar-refractivity contribution >= 4 is 35.0 Å². The lowest BCUT2D eigenvalue weighted by molar-refractivity contribution is -0.144. The molecule has 2 aliphatic carbocycles. The first-order valence-corrected chi connectivity index (χ1v) is 17.8. The van der Waals surface area contributed by atoms with Gasteiger partial charge in [-0.05, 0) is 75.8 Å². The number of rotatable bonds is 14. The number of nitrogens with zero attached hydrogens (tertiary/aromatic N) is 6. The number of halogens is 7. The Bertz CT molecular complexity index is 2080. The van der Waals surface area contributed by atoms with E-state index < -0.39 is 53.8 Å². The molecule has 6 rings (SSSR count). The first kappa shape index (κ1) is 38.4. The highest BCUT2D eigenvalue weighted by Crippen LogP contribution is 2.62. The molecule has 2 saturated carbocycles. The van der Waals surface area contributed by atoms with Gasteiger partial charge in [-0.25, -0.2) is 9.67 Å². The highest BCUT2D eigenvalue weighted by atomic mass is 35.5. The monoisotopic (exact) mass is 782 g/mol. The number of carbonyl (C=O) groups is 2. The molecule has 3 atom stereocenters. The van der Waals surface area contributed by atoms with Crippen molar-refractivity contribution in [3.63, 3.8) is 0 Å². The van der Waals surface area contributed by atoms with E-state index in [4.69, 9.17) is 23.2 Å². The van der Waals surface area contributed by atoms with E-state index in [1.807, 2.05) is 0 Å². The van der Waals surface area contributed by atoms with Gasteiger partial charge in [-0.3, -0.25) is 19.1 Å². The van der Waals surface area contributed by atoms with Gasteiger partial charge in [-0.15, -0.1) is 11.6 Å². The number of hydrogen-bond donors (Lipinski definition) is 2. The SMILES string of the molecule is Cc1nc(Cl)ccc1[C@H]1C[C@]1(CCCl)C(=O)N[C@H](Cc1cnn(C(F)F)c1)C(=O)NC(C)(C)Cn1nc(-c2ccn(C3CC3)c(=O)c2)cc1C(F)(F)F. The minimum Gasteiger partial charge on any atom is -0.348 e. The fourth-order valence-corrected chi connectivity index (χ4v) is 7.34. The summed E-state index contributed by atoms with van der Waals surface area (Å²) in [5.74, 6) is -1.44. The number of pyridine rings is 2. The predicted octanol–water partition coefficient (Wildman–Crippen LogP) is 6.44. The van der Waals surface area contributed by atoms with Crippen molar-refractivity contribution < 1.29 is 31.5 Å². The van der Waals surface area contributed by atoms with E-state index in [9.17, 15) is 36.3 Å². The standard InChI is InChI=1S/C35H37Cl2F5N8O3/c1-19-23(6-7-28(37)44-19)24-15-34(24,9-10-36)31(53)45-26(12-20-16-43-49(17-20)32(38)39)30(52)46-33(2,3)18-50-27(35(40,41)42)14-25(47-50)21-8-11-48(22-4-5-22)29(51)13-21/h6-8,11,13-14,16-17,22,24,26,32H,4-5,9-10,12,15,18H2,1-3H3,(H,45,53)(H,46,52)/t24-,26-,34+/m1/s1. The molecule has 18 heteroatoms. The molecule has 11 nitrogen and oxygen atoms in total. The molecule has 0 radical (unpaired) electrons. The molecule has 0 bridgehead atoms. The van der Waals surface area contributed by atoms with Gasteiger partial charge in [0, 0.05) is 54.0 Å². The zero-order chi connectivity index (χ0) is 38.5. The van der Waals surface area contributed by atoms with E-state index in [0.29, 0.717) is 16.8 Å². The van der Waals surface area contributed by atoms with Crippen LogP contribution >= 0.6 is 23.2 Å². The second kappa shape index (κ2) is 14.5. The van der Waals surface area contributed by atoms with Gasteiger partial charge in [0.2, 0.25) is 11.8 Å². The minimum atomic E-state index is -4.83. The molecule has 4 aromatic heterocycles. The number of alkyl halides is 6. The van der Waals surface area contributed by atoms with Crippen molar-refractivity contribution in [2.75, 3.05) is 5.88 Å². The molecule has 53 heavy (non-hydrogen) atoms. The number of aryl methyl sites for hydroxylation is 1. The Morgan fingerprint density at radius 2 is 1.87 bits per heavy atom. The molecule has 4 aromatic rings. The molecule has 2 N–H and O–H groups in total. The second-order valence-corrected chi connectivity index (χ2v) is 15.1. The second-order valence-electron chi connectivity index (χ2n) is 14.3. The van der Waals surface area contributed by atoms with Crippen LogP contribution in [0.4, 0.5) is 22.0 Å². The Labute approximate surface area is 310 Å². The van der Waals surface area contributed by atoms with Crippen LogP contribution in [0.5, 0.6) is 0 Å². The van der Waals surface area contributed by atoms with Gasteiger partial charge in [0.15, 0.2) is 0 Å². The summed E-state index contributed by atoms with van der Waals surface area (Å²) in [5, 5.41) is 13.6. The van der Waals surface area contributed by atoms with Crippen molar-refractivity contribution in [2.45, 2.75) is 95.7 Å². The molecule has 0 unspecified atom stereocenters. The molecule has 0 saturated heterocycles. The number of hydrogen-bond acceptors (Lipinski definition) is 6. The summed E-state index contributed by atoms with van der Waals surface area (Å²) in [6.45, 7) is 1.33. The number of carbonyl (C=O) groups excluding carboxylic acids is 2. The molecule has 0 aromatic carbocycles. The smallest absolute Gasteiger partial charge is 0.348 e. The average molecular weight is 784 g/mol. The molecule has 4 heterocycles. The van der Waals surface area contributed by atoms with E-state index in [1.165, 1.54) is 30.5 Å². The highest BCUT2D eigenvalue weighted by Gasteiger charge is 2.60. The third-order valence-electron chi connectivity index (χ3n) is 9.71. The summed E-state index contributed by atoms with van der Waals surface area (Å²) in [4.78, 5) is 44.9. The topological polar surface area (TPSA) is 129 Å². The Morgan fingerprint density at radius 1 is 1.13 bits per heavy atom. The summed E-state index contributed by atoms with van der Waals surface area (Å²) < 4.78 is 72.2.